The maximum absolute atomic E-state index is 11.2. The lowest BCUT2D eigenvalue weighted by atomic mass is 9.73. The van der Waals surface area contributed by atoms with Crippen LogP contribution in [-0.2, 0) is 4.79 Å². The first-order valence-electron chi connectivity index (χ1n) is 4.78. The molecule has 2 heterocycles. The van der Waals surface area contributed by atoms with Crippen molar-refractivity contribution in [2.45, 2.75) is 6.42 Å². The maximum Gasteiger partial charge on any atom is 0.311 e. The fourth-order valence-electron chi connectivity index (χ4n) is 2.56. The van der Waals surface area contributed by atoms with Crippen LogP contribution in [0.15, 0.2) is 0 Å². The number of aliphatic carboxylic acids is 1. The van der Waals surface area contributed by atoms with Crippen molar-refractivity contribution < 1.29 is 9.90 Å². The Balaban J connectivity index is 2.20. The zero-order chi connectivity index (χ0) is 9.47. The Morgan fingerprint density at radius 1 is 1.69 bits per heavy atom. The molecule has 0 aromatic rings. The summed E-state index contributed by atoms with van der Waals surface area (Å²) in [5, 5.41) is 12.4. The molecule has 0 radical (unpaired) electrons. The third-order valence-electron chi connectivity index (χ3n) is 3.51. The van der Waals surface area contributed by atoms with E-state index in [1.165, 1.54) is 0 Å². The van der Waals surface area contributed by atoms with Gasteiger partial charge in [-0.2, -0.15) is 0 Å². The van der Waals surface area contributed by atoms with Gasteiger partial charge < -0.3 is 15.3 Å². The fraction of sp³-hybridized carbons (Fsp3) is 0.889. The van der Waals surface area contributed by atoms with E-state index in [1.54, 1.807) is 0 Å². The predicted octanol–water partition coefficient (Wildman–Crippen LogP) is -0.388. The number of hydrogen-bond donors (Lipinski definition) is 2. The second-order valence-corrected chi connectivity index (χ2v) is 4.30. The normalized spacial score (nSPS) is 40.2. The van der Waals surface area contributed by atoms with E-state index < -0.39 is 11.4 Å². The van der Waals surface area contributed by atoms with Gasteiger partial charge in [0.2, 0.25) is 0 Å². The minimum atomic E-state index is -0.615. The highest BCUT2D eigenvalue weighted by molar-refractivity contribution is 5.76. The molecule has 2 rings (SSSR count). The van der Waals surface area contributed by atoms with E-state index in [-0.39, 0.29) is 0 Å². The number of carboxylic acid groups (broad SMARTS) is 1. The third-order valence-corrected chi connectivity index (χ3v) is 3.51. The van der Waals surface area contributed by atoms with Crippen molar-refractivity contribution in [2.75, 3.05) is 33.2 Å². The summed E-state index contributed by atoms with van der Waals surface area (Å²) in [5.41, 5.74) is -0.466. The van der Waals surface area contributed by atoms with E-state index in [2.05, 4.69) is 17.3 Å². The van der Waals surface area contributed by atoms with Crippen LogP contribution < -0.4 is 5.32 Å². The molecule has 0 amide bonds. The molecular weight excluding hydrogens is 168 g/mol. The molecule has 2 atom stereocenters. The van der Waals surface area contributed by atoms with Crippen molar-refractivity contribution >= 4 is 5.97 Å². The first-order valence-corrected chi connectivity index (χ1v) is 4.78. The summed E-state index contributed by atoms with van der Waals surface area (Å²) in [6.45, 7) is 3.33. The van der Waals surface area contributed by atoms with E-state index in [9.17, 15) is 9.90 Å². The number of nitrogens with one attached hydrogen (secondary N) is 1. The van der Waals surface area contributed by atoms with Crippen LogP contribution in [-0.4, -0.2) is 49.2 Å². The standard InChI is InChI=1S/C9H16N2O2/c1-11-3-2-9(8(12)13)6-10-4-7(9)5-11/h7,10H,2-6H2,1H3,(H,12,13)/t7-,9+/m0/s1. The zero-order valence-corrected chi connectivity index (χ0v) is 7.92. The van der Waals surface area contributed by atoms with Gasteiger partial charge in [0.1, 0.15) is 0 Å². The minimum Gasteiger partial charge on any atom is -0.481 e. The number of carboxylic acids is 1. The van der Waals surface area contributed by atoms with Crippen LogP contribution in [0.4, 0.5) is 0 Å². The van der Waals surface area contributed by atoms with Crippen LogP contribution in [0.3, 0.4) is 0 Å². The minimum absolute atomic E-state index is 0.295. The molecule has 0 bridgehead atoms. The van der Waals surface area contributed by atoms with Gasteiger partial charge in [-0.25, -0.2) is 0 Å². The van der Waals surface area contributed by atoms with Gasteiger partial charge in [0.15, 0.2) is 0 Å². The molecule has 2 N–H and O–H groups in total. The van der Waals surface area contributed by atoms with E-state index >= 15 is 0 Å². The molecule has 0 aromatic heterocycles. The Kier molecular flexibility index (Phi) is 2.04. The van der Waals surface area contributed by atoms with Gasteiger partial charge in [0.05, 0.1) is 5.41 Å². The molecule has 13 heavy (non-hydrogen) atoms. The second-order valence-electron chi connectivity index (χ2n) is 4.30. The highest BCUT2D eigenvalue weighted by Gasteiger charge is 2.51. The average Bonchev–Trinajstić information content (AvgIpc) is 2.48. The van der Waals surface area contributed by atoms with Gasteiger partial charge in [-0.3, -0.25) is 4.79 Å². The largest absolute Gasteiger partial charge is 0.481 e. The summed E-state index contributed by atoms with van der Waals surface area (Å²) < 4.78 is 0. The monoisotopic (exact) mass is 184 g/mol. The molecule has 0 spiro atoms. The van der Waals surface area contributed by atoms with Crippen molar-refractivity contribution in [3.63, 3.8) is 0 Å². The SMILES string of the molecule is CN1CC[C@@]2(C(=O)O)CNC[C@H]2C1. The Morgan fingerprint density at radius 3 is 3.15 bits per heavy atom. The zero-order valence-electron chi connectivity index (χ0n) is 7.92. The summed E-state index contributed by atoms with van der Waals surface area (Å²) in [6.07, 6.45) is 0.788. The number of carbonyl (C=O) groups is 1. The fourth-order valence-corrected chi connectivity index (χ4v) is 2.56. The summed E-state index contributed by atoms with van der Waals surface area (Å²) in [5.74, 6) is -0.320. The molecule has 0 aliphatic carbocycles. The topological polar surface area (TPSA) is 52.6 Å². The molecule has 2 saturated heterocycles. The molecule has 0 saturated carbocycles. The number of piperidine rings is 1. The van der Waals surface area contributed by atoms with Gasteiger partial charge in [0.25, 0.3) is 0 Å². The van der Waals surface area contributed by atoms with E-state index in [0.717, 1.165) is 26.1 Å². The van der Waals surface area contributed by atoms with Gasteiger partial charge in [-0.05, 0) is 20.0 Å². The molecule has 2 aliphatic rings. The predicted molar refractivity (Wildman–Crippen MR) is 48.5 cm³/mol. The van der Waals surface area contributed by atoms with Crippen LogP contribution in [0.2, 0.25) is 0 Å². The van der Waals surface area contributed by atoms with Crippen molar-refractivity contribution in [1.29, 1.82) is 0 Å². The van der Waals surface area contributed by atoms with Crippen LogP contribution in [0.1, 0.15) is 6.42 Å². The average molecular weight is 184 g/mol. The molecule has 0 unspecified atom stereocenters. The highest BCUT2D eigenvalue weighted by Crippen LogP contribution is 2.38. The van der Waals surface area contributed by atoms with Gasteiger partial charge in [-0.1, -0.05) is 0 Å². The molecule has 4 heteroatoms. The van der Waals surface area contributed by atoms with Crippen LogP contribution >= 0.6 is 0 Å². The van der Waals surface area contributed by atoms with Gasteiger partial charge in [-0.15, -0.1) is 0 Å². The number of nitrogens with zero attached hydrogens (tertiary/aromatic N) is 1. The lowest BCUT2D eigenvalue weighted by molar-refractivity contribution is -0.153. The van der Waals surface area contributed by atoms with E-state index in [0.29, 0.717) is 12.5 Å². The van der Waals surface area contributed by atoms with Crippen molar-refractivity contribution in [2.24, 2.45) is 11.3 Å². The molecule has 74 valence electrons. The van der Waals surface area contributed by atoms with E-state index in [4.69, 9.17) is 0 Å². The quantitative estimate of drug-likeness (QED) is 0.583. The number of likely N-dealkylation sites (tertiary alicyclic amines) is 1. The van der Waals surface area contributed by atoms with Crippen LogP contribution in [0, 0.1) is 11.3 Å². The van der Waals surface area contributed by atoms with Gasteiger partial charge >= 0.3 is 5.97 Å². The van der Waals surface area contributed by atoms with Gasteiger partial charge in [0, 0.05) is 25.6 Å². The summed E-state index contributed by atoms with van der Waals surface area (Å²) in [7, 11) is 2.06. The summed E-state index contributed by atoms with van der Waals surface area (Å²) in [6, 6.07) is 0. The smallest absolute Gasteiger partial charge is 0.311 e. The van der Waals surface area contributed by atoms with Crippen LogP contribution in [0.25, 0.3) is 0 Å². The second kappa shape index (κ2) is 2.96. The molecule has 2 fully saturated rings. The molecule has 4 nitrogen and oxygen atoms in total. The molecule has 2 aliphatic heterocycles. The Morgan fingerprint density at radius 2 is 2.46 bits per heavy atom. The summed E-state index contributed by atoms with van der Waals surface area (Å²) >= 11 is 0. The molecular formula is C9H16N2O2. The highest BCUT2D eigenvalue weighted by atomic mass is 16.4. The van der Waals surface area contributed by atoms with Crippen molar-refractivity contribution in [3.05, 3.63) is 0 Å². The Hall–Kier alpha value is -0.610. The van der Waals surface area contributed by atoms with Crippen LogP contribution in [0.5, 0.6) is 0 Å². The summed E-state index contributed by atoms with van der Waals surface area (Å²) in [4.78, 5) is 13.4. The Labute approximate surface area is 77.9 Å². The maximum atomic E-state index is 11.2. The number of rotatable bonds is 1. The third kappa shape index (κ3) is 1.25. The van der Waals surface area contributed by atoms with E-state index in [1.807, 2.05) is 0 Å². The number of hydrogen-bond acceptors (Lipinski definition) is 3. The Bertz CT molecular complexity index is 232. The van der Waals surface area contributed by atoms with Crippen molar-refractivity contribution in [1.82, 2.24) is 10.2 Å². The van der Waals surface area contributed by atoms with Crippen molar-refractivity contribution in [3.8, 4) is 0 Å². The molecule has 0 aromatic carbocycles. The number of fused-ring (bicyclic) bond motifs is 1. The lowest BCUT2D eigenvalue weighted by Gasteiger charge is -2.39. The first-order chi connectivity index (χ1) is 6.15. The lowest BCUT2D eigenvalue weighted by Crippen LogP contribution is -2.49. The first kappa shape index (κ1) is 8.97.